The highest BCUT2D eigenvalue weighted by molar-refractivity contribution is 5.95. The van der Waals surface area contributed by atoms with Gasteiger partial charge in [-0.1, -0.05) is 30.3 Å². The maximum Gasteiger partial charge on any atom is 0.303 e. The molecule has 1 atom stereocenters. The van der Waals surface area contributed by atoms with E-state index in [1.807, 2.05) is 30.3 Å². The summed E-state index contributed by atoms with van der Waals surface area (Å²) in [4.78, 5) is 23.2. The van der Waals surface area contributed by atoms with Crippen LogP contribution in [-0.4, -0.2) is 23.0 Å². The number of benzene rings is 1. The van der Waals surface area contributed by atoms with Crippen LogP contribution >= 0.6 is 0 Å². The molecule has 0 fully saturated rings. The summed E-state index contributed by atoms with van der Waals surface area (Å²) in [6.45, 7) is 3.53. The zero-order chi connectivity index (χ0) is 16.8. The minimum absolute atomic E-state index is 0.0151. The molecule has 23 heavy (non-hydrogen) atoms. The lowest BCUT2D eigenvalue weighted by Gasteiger charge is -2.18. The van der Waals surface area contributed by atoms with Gasteiger partial charge in [0.25, 0.3) is 5.91 Å². The molecule has 0 aliphatic heterocycles. The predicted octanol–water partition coefficient (Wildman–Crippen LogP) is 3.10. The molecule has 5 nitrogen and oxygen atoms in total. The molecule has 0 aliphatic carbocycles. The second kappa shape index (κ2) is 7.63. The fourth-order valence-corrected chi connectivity index (χ4v) is 2.54. The van der Waals surface area contributed by atoms with Crippen molar-refractivity contribution in [3.8, 4) is 0 Å². The lowest BCUT2D eigenvalue weighted by molar-refractivity contribution is -0.137. The number of carbonyl (C=O) groups is 2. The summed E-state index contributed by atoms with van der Waals surface area (Å²) in [5, 5.41) is 11.8. The Morgan fingerprint density at radius 1 is 1.22 bits per heavy atom. The Morgan fingerprint density at radius 3 is 2.48 bits per heavy atom. The minimum atomic E-state index is -0.868. The van der Waals surface area contributed by atoms with Crippen molar-refractivity contribution in [2.75, 3.05) is 0 Å². The van der Waals surface area contributed by atoms with E-state index >= 15 is 0 Å². The van der Waals surface area contributed by atoms with Gasteiger partial charge in [0, 0.05) is 12.5 Å². The molecule has 0 radical (unpaired) electrons. The van der Waals surface area contributed by atoms with Gasteiger partial charge in [0.15, 0.2) is 0 Å². The Balaban J connectivity index is 2.08. The van der Waals surface area contributed by atoms with E-state index in [9.17, 15) is 9.59 Å². The van der Waals surface area contributed by atoms with Gasteiger partial charge in [-0.3, -0.25) is 9.59 Å². The van der Waals surface area contributed by atoms with Crippen LogP contribution in [0, 0.1) is 13.8 Å². The molecule has 0 saturated carbocycles. The van der Waals surface area contributed by atoms with Crippen molar-refractivity contribution in [3.05, 3.63) is 59.0 Å². The Kier molecular flexibility index (Phi) is 5.57. The Morgan fingerprint density at radius 2 is 1.91 bits per heavy atom. The van der Waals surface area contributed by atoms with Crippen LogP contribution in [0.2, 0.25) is 0 Å². The number of aliphatic carboxylic acids is 1. The summed E-state index contributed by atoms with van der Waals surface area (Å²) in [5.41, 5.74) is 1.55. The summed E-state index contributed by atoms with van der Waals surface area (Å²) in [5.74, 6) is 0.146. The number of aryl methyl sites for hydroxylation is 2. The largest absolute Gasteiger partial charge is 0.481 e. The molecular weight excluding hydrogens is 294 g/mol. The third-order valence-corrected chi connectivity index (χ3v) is 3.65. The first-order chi connectivity index (χ1) is 11.0. The summed E-state index contributed by atoms with van der Waals surface area (Å²) in [6.07, 6.45) is 0.989. The topological polar surface area (TPSA) is 79.5 Å². The lowest BCUT2D eigenvalue weighted by atomic mass is 10.0. The number of carbonyl (C=O) groups excluding carboxylic acids is 1. The Hall–Kier alpha value is -2.56. The van der Waals surface area contributed by atoms with Crippen molar-refractivity contribution in [1.82, 2.24) is 5.32 Å². The van der Waals surface area contributed by atoms with Crippen LogP contribution in [0.4, 0.5) is 0 Å². The van der Waals surface area contributed by atoms with Gasteiger partial charge in [-0.2, -0.15) is 0 Å². The molecule has 2 aromatic rings. The first-order valence-corrected chi connectivity index (χ1v) is 7.59. The zero-order valence-corrected chi connectivity index (χ0v) is 13.3. The molecule has 1 aromatic carbocycles. The molecule has 0 spiro atoms. The van der Waals surface area contributed by atoms with Crippen LogP contribution in [0.15, 0.2) is 40.8 Å². The second-order valence-electron chi connectivity index (χ2n) is 5.62. The minimum Gasteiger partial charge on any atom is -0.481 e. The first kappa shape index (κ1) is 16.8. The summed E-state index contributed by atoms with van der Waals surface area (Å²) >= 11 is 0. The molecule has 2 N–H and O–H groups in total. The standard InChI is InChI=1S/C18H21NO4/c1-12-10-16(13(2)23-12)18(22)19-15(8-9-17(20)21)11-14-6-4-3-5-7-14/h3-7,10,15H,8-9,11H2,1-2H3,(H,19,22)(H,20,21). The fraction of sp³-hybridized carbons (Fsp3) is 0.333. The van der Waals surface area contributed by atoms with Crippen molar-refractivity contribution < 1.29 is 19.1 Å². The summed E-state index contributed by atoms with van der Waals surface area (Å²) < 4.78 is 5.38. The number of hydrogen-bond acceptors (Lipinski definition) is 3. The molecule has 122 valence electrons. The van der Waals surface area contributed by atoms with Gasteiger partial charge < -0.3 is 14.8 Å². The molecule has 1 heterocycles. The van der Waals surface area contributed by atoms with Gasteiger partial charge >= 0.3 is 5.97 Å². The van der Waals surface area contributed by atoms with E-state index in [2.05, 4.69) is 5.32 Å². The van der Waals surface area contributed by atoms with Gasteiger partial charge in [-0.05, 0) is 38.3 Å². The highest BCUT2D eigenvalue weighted by atomic mass is 16.4. The van der Waals surface area contributed by atoms with E-state index in [0.29, 0.717) is 29.9 Å². The number of carboxylic acids is 1. The number of rotatable bonds is 7. The zero-order valence-electron chi connectivity index (χ0n) is 13.3. The third kappa shape index (κ3) is 4.98. The molecule has 1 amide bonds. The molecule has 5 heteroatoms. The van der Waals surface area contributed by atoms with E-state index < -0.39 is 5.97 Å². The van der Waals surface area contributed by atoms with Gasteiger partial charge in [-0.15, -0.1) is 0 Å². The molecule has 1 unspecified atom stereocenters. The second-order valence-corrected chi connectivity index (χ2v) is 5.62. The highest BCUT2D eigenvalue weighted by Crippen LogP contribution is 2.15. The normalized spacial score (nSPS) is 11.9. The van der Waals surface area contributed by atoms with Crippen LogP contribution in [0.1, 0.15) is 40.3 Å². The van der Waals surface area contributed by atoms with Crippen molar-refractivity contribution in [2.24, 2.45) is 0 Å². The first-order valence-electron chi connectivity index (χ1n) is 7.59. The van der Waals surface area contributed by atoms with Gasteiger partial charge in [0.1, 0.15) is 11.5 Å². The van der Waals surface area contributed by atoms with Gasteiger partial charge in [-0.25, -0.2) is 0 Å². The average molecular weight is 315 g/mol. The maximum atomic E-state index is 12.4. The number of amides is 1. The monoisotopic (exact) mass is 315 g/mol. The molecular formula is C18H21NO4. The number of hydrogen-bond donors (Lipinski definition) is 2. The molecule has 0 saturated heterocycles. The third-order valence-electron chi connectivity index (χ3n) is 3.65. The predicted molar refractivity (Wildman–Crippen MR) is 86.5 cm³/mol. The van der Waals surface area contributed by atoms with Crippen LogP contribution in [0.25, 0.3) is 0 Å². The van der Waals surface area contributed by atoms with Crippen LogP contribution in [0.3, 0.4) is 0 Å². The summed E-state index contributed by atoms with van der Waals surface area (Å²) in [6, 6.07) is 11.2. The van der Waals surface area contributed by atoms with Crippen LogP contribution < -0.4 is 5.32 Å². The average Bonchev–Trinajstić information content (AvgIpc) is 2.84. The molecule has 2 rings (SSSR count). The lowest BCUT2D eigenvalue weighted by Crippen LogP contribution is -2.37. The molecule has 1 aromatic heterocycles. The Bertz CT molecular complexity index is 676. The molecule has 0 aliphatic rings. The SMILES string of the molecule is Cc1cc(C(=O)NC(CCC(=O)O)Cc2ccccc2)c(C)o1. The van der Waals surface area contributed by atoms with E-state index in [0.717, 1.165) is 5.56 Å². The van der Waals surface area contributed by atoms with Gasteiger partial charge in [0.05, 0.1) is 5.56 Å². The highest BCUT2D eigenvalue weighted by Gasteiger charge is 2.19. The van der Waals surface area contributed by atoms with E-state index in [-0.39, 0.29) is 18.4 Å². The smallest absolute Gasteiger partial charge is 0.303 e. The van der Waals surface area contributed by atoms with Crippen molar-refractivity contribution in [2.45, 2.75) is 39.2 Å². The number of carboxylic acid groups (broad SMARTS) is 1. The van der Waals surface area contributed by atoms with Gasteiger partial charge in [0.2, 0.25) is 0 Å². The van der Waals surface area contributed by atoms with E-state index in [1.54, 1.807) is 19.9 Å². The Labute approximate surface area is 135 Å². The fourth-order valence-electron chi connectivity index (χ4n) is 2.54. The van der Waals surface area contributed by atoms with Crippen LogP contribution in [-0.2, 0) is 11.2 Å². The van der Waals surface area contributed by atoms with E-state index in [4.69, 9.17) is 9.52 Å². The number of furan rings is 1. The number of nitrogens with one attached hydrogen (secondary N) is 1. The van der Waals surface area contributed by atoms with Crippen molar-refractivity contribution >= 4 is 11.9 Å². The van der Waals surface area contributed by atoms with Crippen molar-refractivity contribution in [1.29, 1.82) is 0 Å². The van der Waals surface area contributed by atoms with Crippen molar-refractivity contribution in [3.63, 3.8) is 0 Å². The molecule has 0 bridgehead atoms. The maximum absolute atomic E-state index is 12.4. The quantitative estimate of drug-likeness (QED) is 0.823. The van der Waals surface area contributed by atoms with E-state index in [1.165, 1.54) is 0 Å². The summed E-state index contributed by atoms with van der Waals surface area (Å²) in [7, 11) is 0. The van der Waals surface area contributed by atoms with Crippen LogP contribution in [0.5, 0.6) is 0 Å².